The fourth-order valence-corrected chi connectivity index (χ4v) is 4.14. The second-order valence-electron chi connectivity index (χ2n) is 9.08. The number of amides is 2. The highest BCUT2D eigenvalue weighted by Crippen LogP contribution is 2.34. The first-order valence-electron chi connectivity index (χ1n) is 12.1. The van der Waals surface area contributed by atoms with Gasteiger partial charge in [-0.2, -0.15) is 18.3 Å². The van der Waals surface area contributed by atoms with E-state index in [1.807, 2.05) is 24.0 Å². The molecule has 2 amide bonds. The van der Waals surface area contributed by atoms with Gasteiger partial charge in [0, 0.05) is 42.5 Å². The number of hydrogen-bond donors (Lipinski definition) is 3. The zero-order valence-corrected chi connectivity index (χ0v) is 21.3. The molecule has 4 N–H and O–H groups in total. The second-order valence-corrected chi connectivity index (χ2v) is 9.08. The van der Waals surface area contributed by atoms with E-state index in [2.05, 4.69) is 25.7 Å². The third kappa shape index (κ3) is 6.38. The number of unbranched alkanes of at least 4 members (excludes halogenated alkanes) is 1. The van der Waals surface area contributed by atoms with Crippen molar-refractivity contribution in [1.82, 2.24) is 24.6 Å². The van der Waals surface area contributed by atoms with Gasteiger partial charge in [0.2, 0.25) is 5.95 Å². The lowest BCUT2D eigenvalue weighted by Gasteiger charge is -2.20. The van der Waals surface area contributed by atoms with Gasteiger partial charge in [0.1, 0.15) is 0 Å². The van der Waals surface area contributed by atoms with Crippen LogP contribution in [0.1, 0.15) is 30.9 Å². The summed E-state index contributed by atoms with van der Waals surface area (Å²) < 4.78 is 42.9. The molecule has 0 atom stereocenters. The Bertz CT molecular complexity index is 1450. The molecule has 0 radical (unpaired) electrons. The van der Waals surface area contributed by atoms with Gasteiger partial charge in [-0.25, -0.2) is 14.8 Å². The summed E-state index contributed by atoms with van der Waals surface area (Å²) in [5, 5.41) is 10.1. The molecule has 9 nitrogen and oxygen atoms in total. The number of aryl methyl sites for hydroxylation is 1. The first-order valence-corrected chi connectivity index (χ1v) is 12.1. The summed E-state index contributed by atoms with van der Waals surface area (Å²) in [6.07, 6.45) is -1.08. The summed E-state index contributed by atoms with van der Waals surface area (Å²) in [6, 6.07) is 10.3. The summed E-state index contributed by atoms with van der Waals surface area (Å²) in [6.45, 7) is 2.89. The number of nitrogens with two attached hydrogens (primary N) is 1. The Kier molecular flexibility index (Phi) is 7.81. The Morgan fingerprint density at radius 1 is 1.13 bits per heavy atom. The minimum Gasteiger partial charge on any atom is -0.368 e. The smallest absolute Gasteiger partial charge is 0.368 e. The molecule has 0 bridgehead atoms. The number of carbonyl (C=O) groups excluding carboxylic acids is 1. The van der Waals surface area contributed by atoms with Crippen molar-refractivity contribution in [3.05, 3.63) is 59.8 Å². The number of urea groups is 1. The van der Waals surface area contributed by atoms with Gasteiger partial charge >= 0.3 is 12.2 Å². The monoisotopic (exact) mass is 526 g/mol. The van der Waals surface area contributed by atoms with Crippen LogP contribution in [0.25, 0.3) is 22.2 Å². The molecule has 0 spiro atoms. The molecule has 38 heavy (non-hydrogen) atoms. The highest BCUT2D eigenvalue weighted by atomic mass is 19.4. The average Bonchev–Trinajstić information content (AvgIpc) is 3.22. The van der Waals surface area contributed by atoms with Crippen LogP contribution < -0.4 is 16.4 Å². The molecule has 0 aliphatic carbocycles. The number of alkyl halides is 3. The third-order valence-electron chi connectivity index (χ3n) is 6.02. The van der Waals surface area contributed by atoms with E-state index in [-0.39, 0.29) is 29.6 Å². The van der Waals surface area contributed by atoms with Crippen molar-refractivity contribution < 1.29 is 18.0 Å². The van der Waals surface area contributed by atoms with Crippen LogP contribution in [0.5, 0.6) is 0 Å². The van der Waals surface area contributed by atoms with E-state index in [1.165, 1.54) is 12.1 Å². The van der Waals surface area contributed by atoms with Gasteiger partial charge in [-0.05, 0) is 49.8 Å². The number of anilines is 3. The zero-order chi connectivity index (χ0) is 27.4. The van der Waals surface area contributed by atoms with Crippen molar-refractivity contribution in [2.24, 2.45) is 7.05 Å². The van der Waals surface area contributed by atoms with Crippen LogP contribution in [0.4, 0.5) is 35.4 Å². The molecule has 2 aromatic carbocycles. The molecule has 0 aliphatic heterocycles. The topological polar surface area (TPSA) is 114 Å². The first-order chi connectivity index (χ1) is 18.0. The molecule has 4 aromatic rings. The van der Waals surface area contributed by atoms with Gasteiger partial charge in [-0.3, -0.25) is 10.00 Å². The largest absolute Gasteiger partial charge is 0.416 e. The maximum Gasteiger partial charge on any atom is 0.416 e. The Labute approximate surface area is 217 Å². The lowest BCUT2D eigenvalue weighted by atomic mass is 10.1. The summed E-state index contributed by atoms with van der Waals surface area (Å²) >= 11 is 0. The Morgan fingerprint density at radius 2 is 1.92 bits per heavy atom. The maximum atomic E-state index is 13.8. The molecule has 0 saturated heterocycles. The van der Waals surface area contributed by atoms with Gasteiger partial charge in [-0.1, -0.05) is 25.5 Å². The molecule has 12 heteroatoms. The molecule has 4 rings (SSSR count). The van der Waals surface area contributed by atoms with Gasteiger partial charge < -0.3 is 16.0 Å². The third-order valence-corrected chi connectivity index (χ3v) is 6.02. The highest BCUT2D eigenvalue weighted by molar-refractivity contribution is 5.99. The van der Waals surface area contributed by atoms with Gasteiger partial charge in [-0.15, -0.1) is 0 Å². The van der Waals surface area contributed by atoms with Crippen LogP contribution in [0.3, 0.4) is 0 Å². The number of hydrogen-bond acceptors (Lipinski definition) is 6. The van der Waals surface area contributed by atoms with Crippen LogP contribution in [-0.4, -0.2) is 44.3 Å². The lowest BCUT2D eigenvalue weighted by Crippen LogP contribution is -2.23. The number of rotatable bonds is 8. The Balaban J connectivity index is 1.48. The van der Waals surface area contributed by atoms with Crippen molar-refractivity contribution in [1.29, 1.82) is 0 Å². The minimum atomic E-state index is -4.55. The summed E-state index contributed by atoms with van der Waals surface area (Å²) in [5.41, 5.74) is 7.24. The lowest BCUT2D eigenvalue weighted by molar-refractivity contribution is -0.138. The average molecular weight is 527 g/mol. The van der Waals surface area contributed by atoms with Gasteiger partial charge in [0.25, 0.3) is 0 Å². The fraction of sp³-hybridized carbons (Fsp3) is 0.308. The molecule has 2 heterocycles. The molecular formula is C26H29F3N8O. The number of nitrogens with one attached hydrogen (secondary N) is 2. The Morgan fingerprint density at radius 3 is 2.66 bits per heavy atom. The first kappa shape index (κ1) is 26.9. The van der Waals surface area contributed by atoms with Crippen molar-refractivity contribution >= 4 is 34.4 Å². The standard InChI is InChI=1S/C26H29F3N8O/c1-4-5-10-36(2)15-17-6-8-19(12-20(17)26(27,28)29)32-25(38)34-23-13-22(37(3)35-23)16-7-9-21-18(11-16)14-31-24(30)33-21/h6-9,11-14H,4-5,10,15H2,1-3H3,(H2,30,31,33)(H2,32,34,35,38). The minimum absolute atomic E-state index is 0.0275. The summed E-state index contributed by atoms with van der Waals surface area (Å²) in [7, 11) is 3.51. The van der Waals surface area contributed by atoms with Crippen LogP contribution in [0.2, 0.25) is 0 Å². The normalized spacial score (nSPS) is 11.8. The van der Waals surface area contributed by atoms with Gasteiger partial charge in [0.05, 0.1) is 16.8 Å². The summed E-state index contributed by atoms with van der Waals surface area (Å²) in [4.78, 5) is 22.6. The van der Waals surface area contributed by atoms with Crippen molar-refractivity contribution in [2.45, 2.75) is 32.5 Å². The zero-order valence-electron chi connectivity index (χ0n) is 21.3. The van der Waals surface area contributed by atoms with Crippen molar-refractivity contribution in [3.8, 4) is 11.3 Å². The molecule has 2 aromatic heterocycles. The van der Waals surface area contributed by atoms with E-state index >= 15 is 0 Å². The number of carbonyl (C=O) groups is 1. The SMILES string of the molecule is CCCCN(C)Cc1ccc(NC(=O)Nc2cc(-c3ccc4nc(N)ncc4c3)n(C)n2)cc1C(F)(F)F. The van der Waals surface area contributed by atoms with E-state index in [0.717, 1.165) is 29.9 Å². The quantitative estimate of drug-likeness (QED) is 0.279. The number of fused-ring (bicyclic) bond motifs is 1. The highest BCUT2D eigenvalue weighted by Gasteiger charge is 2.34. The maximum absolute atomic E-state index is 13.8. The van der Waals surface area contributed by atoms with Crippen LogP contribution >= 0.6 is 0 Å². The van der Waals surface area contributed by atoms with Crippen molar-refractivity contribution in [3.63, 3.8) is 0 Å². The van der Waals surface area contributed by atoms with Crippen molar-refractivity contribution in [2.75, 3.05) is 30.0 Å². The predicted octanol–water partition coefficient (Wildman–Crippen LogP) is 5.51. The molecule has 0 aliphatic rings. The number of nitrogen functional groups attached to an aromatic ring is 1. The fourth-order valence-electron chi connectivity index (χ4n) is 4.14. The molecule has 0 unspecified atom stereocenters. The van der Waals surface area contributed by atoms with E-state index in [1.54, 1.807) is 37.1 Å². The number of halogens is 3. The van der Waals surface area contributed by atoms with Gasteiger partial charge in [0.15, 0.2) is 5.82 Å². The Hall–Kier alpha value is -4.19. The number of aromatic nitrogens is 4. The predicted molar refractivity (Wildman–Crippen MR) is 141 cm³/mol. The van der Waals surface area contributed by atoms with Crippen LogP contribution in [0.15, 0.2) is 48.7 Å². The number of benzene rings is 2. The molecule has 0 fully saturated rings. The van der Waals surface area contributed by atoms with E-state index in [0.29, 0.717) is 17.8 Å². The van der Waals surface area contributed by atoms with E-state index in [9.17, 15) is 18.0 Å². The molecular weight excluding hydrogens is 497 g/mol. The second kappa shape index (κ2) is 11.1. The molecule has 200 valence electrons. The summed E-state index contributed by atoms with van der Waals surface area (Å²) in [5.74, 6) is 0.415. The van der Waals surface area contributed by atoms with Crippen LogP contribution in [0, 0.1) is 0 Å². The molecule has 0 saturated carbocycles. The van der Waals surface area contributed by atoms with Crippen LogP contribution in [-0.2, 0) is 19.8 Å². The number of nitrogens with zero attached hydrogens (tertiary/aromatic N) is 5. The van der Waals surface area contributed by atoms with E-state index < -0.39 is 17.8 Å². The van der Waals surface area contributed by atoms with E-state index in [4.69, 9.17) is 5.73 Å².